The molecule has 0 amide bonds. The molecule has 1 aromatic rings. The molecule has 1 N–H and O–H groups in total. The molecule has 2 rings (SSSR count). The van der Waals surface area contributed by atoms with Gasteiger partial charge >= 0.3 is 0 Å². The fourth-order valence-electron chi connectivity index (χ4n) is 1.96. The number of hydrogen-bond donors (Lipinski definition) is 1. The van der Waals surface area contributed by atoms with Gasteiger partial charge in [0, 0.05) is 18.0 Å². The highest BCUT2D eigenvalue weighted by Gasteiger charge is 2.18. The Bertz CT molecular complexity index is 307. The van der Waals surface area contributed by atoms with Gasteiger partial charge in [-0.15, -0.1) is 22.9 Å². The van der Waals surface area contributed by atoms with E-state index in [1.54, 1.807) is 11.3 Å². The zero-order chi connectivity index (χ0) is 10.7. The minimum Gasteiger partial charge on any atom is -0.310 e. The molecule has 1 saturated carbocycles. The average molecular weight is 309 g/mol. The Morgan fingerprint density at radius 1 is 1.40 bits per heavy atom. The molecule has 1 fully saturated rings. The molecule has 0 spiro atoms. The van der Waals surface area contributed by atoms with Crippen LogP contribution in [-0.4, -0.2) is 11.4 Å². The fourth-order valence-corrected chi connectivity index (χ4v) is 3.45. The van der Waals surface area contributed by atoms with Gasteiger partial charge in [0.1, 0.15) is 0 Å². The van der Waals surface area contributed by atoms with Crippen LogP contribution in [0.15, 0.2) is 15.2 Å². The van der Waals surface area contributed by atoms with Crippen LogP contribution in [0.2, 0.25) is 0 Å². The quantitative estimate of drug-likeness (QED) is 0.827. The summed E-state index contributed by atoms with van der Waals surface area (Å²) in [5.74, 6) is 0. The van der Waals surface area contributed by atoms with Gasteiger partial charge in [0.05, 0.1) is 3.79 Å². The standard InChI is InChI=1S/C11H15BrClNS/c12-11-8(5-6-15-11)7-14-10-3-1-9(13)2-4-10/h5-6,9-10,14H,1-4,7H2. The summed E-state index contributed by atoms with van der Waals surface area (Å²) in [6, 6.07) is 2.83. The topological polar surface area (TPSA) is 12.0 Å². The molecule has 0 saturated heterocycles. The maximum atomic E-state index is 6.07. The van der Waals surface area contributed by atoms with Crippen LogP contribution in [0.3, 0.4) is 0 Å². The zero-order valence-corrected chi connectivity index (χ0v) is 11.7. The van der Waals surface area contributed by atoms with Crippen molar-refractivity contribution in [3.05, 3.63) is 20.8 Å². The predicted octanol–water partition coefficient (Wildman–Crippen LogP) is 4.15. The van der Waals surface area contributed by atoms with E-state index < -0.39 is 0 Å². The highest BCUT2D eigenvalue weighted by Crippen LogP contribution is 2.25. The Kier molecular flexibility index (Phi) is 4.50. The molecule has 1 heterocycles. The lowest BCUT2D eigenvalue weighted by Crippen LogP contribution is -2.32. The SMILES string of the molecule is ClC1CCC(NCc2ccsc2Br)CC1. The van der Waals surface area contributed by atoms with Gasteiger partial charge in [0.15, 0.2) is 0 Å². The molecule has 1 nitrogen and oxygen atoms in total. The number of hydrogen-bond acceptors (Lipinski definition) is 2. The molecule has 0 unspecified atom stereocenters. The van der Waals surface area contributed by atoms with Crippen molar-refractivity contribution in [2.24, 2.45) is 0 Å². The molecule has 1 aliphatic carbocycles. The first kappa shape index (κ1) is 11.9. The van der Waals surface area contributed by atoms with Gasteiger partial charge in [0.2, 0.25) is 0 Å². The summed E-state index contributed by atoms with van der Waals surface area (Å²) < 4.78 is 1.25. The minimum atomic E-state index is 0.413. The lowest BCUT2D eigenvalue weighted by atomic mass is 9.95. The van der Waals surface area contributed by atoms with E-state index in [1.165, 1.54) is 22.2 Å². The third-order valence-corrected chi connectivity index (χ3v) is 5.18. The second kappa shape index (κ2) is 5.67. The van der Waals surface area contributed by atoms with E-state index in [4.69, 9.17) is 11.6 Å². The van der Waals surface area contributed by atoms with Crippen molar-refractivity contribution in [1.29, 1.82) is 0 Å². The maximum Gasteiger partial charge on any atom is 0.0743 e. The minimum absolute atomic E-state index is 0.413. The maximum absolute atomic E-state index is 6.07. The summed E-state index contributed by atoms with van der Waals surface area (Å²) in [5, 5.41) is 6.14. The van der Waals surface area contributed by atoms with Gasteiger partial charge in [-0.2, -0.15) is 0 Å². The van der Waals surface area contributed by atoms with Gasteiger partial charge in [0.25, 0.3) is 0 Å². The number of halogens is 2. The van der Waals surface area contributed by atoms with Crippen molar-refractivity contribution >= 4 is 38.9 Å². The molecule has 1 aromatic heterocycles. The van der Waals surface area contributed by atoms with Crippen molar-refractivity contribution in [2.45, 2.75) is 43.6 Å². The Hall–Kier alpha value is 0.430. The average Bonchev–Trinajstić information content (AvgIpc) is 2.63. The summed E-state index contributed by atoms with van der Waals surface area (Å²) in [6.45, 7) is 0.974. The fraction of sp³-hybridized carbons (Fsp3) is 0.636. The highest BCUT2D eigenvalue weighted by molar-refractivity contribution is 9.11. The van der Waals surface area contributed by atoms with E-state index in [0.29, 0.717) is 11.4 Å². The third-order valence-electron chi connectivity index (χ3n) is 2.93. The van der Waals surface area contributed by atoms with Crippen molar-refractivity contribution in [3.63, 3.8) is 0 Å². The molecule has 0 aliphatic heterocycles. The molecule has 0 atom stereocenters. The van der Waals surface area contributed by atoms with Crippen LogP contribution < -0.4 is 5.32 Å². The number of alkyl halides is 1. The molecular weight excluding hydrogens is 294 g/mol. The van der Waals surface area contributed by atoms with Crippen LogP contribution in [0.25, 0.3) is 0 Å². The molecule has 1 aliphatic rings. The molecule has 0 radical (unpaired) electrons. The summed E-state index contributed by atoms with van der Waals surface area (Å²) in [5.41, 5.74) is 1.37. The Morgan fingerprint density at radius 3 is 2.73 bits per heavy atom. The lowest BCUT2D eigenvalue weighted by Gasteiger charge is -2.25. The van der Waals surface area contributed by atoms with Gasteiger partial charge in [-0.3, -0.25) is 0 Å². The smallest absolute Gasteiger partial charge is 0.0743 e. The van der Waals surface area contributed by atoms with Gasteiger partial charge in [-0.05, 0) is 58.6 Å². The lowest BCUT2D eigenvalue weighted by molar-refractivity contribution is 0.376. The molecule has 15 heavy (non-hydrogen) atoms. The first-order valence-electron chi connectivity index (χ1n) is 5.35. The second-order valence-corrected chi connectivity index (χ2v) is 6.90. The number of rotatable bonds is 3. The summed E-state index contributed by atoms with van der Waals surface area (Å²) in [6.07, 6.45) is 4.75. The molecule has 0 aromatic carbocycles. The second-order valence-electron chi connectivity index (χ2n) is 4.05. The van der Waals surface area contributed by atoms with Crippen LogP contribution in [0.4, 0.5) is 0 Å². The first-order valence-corrected chi connectivity index (χ1v) is 7.46. The van der Waals surface area contributed by atoms with E-state index in [1.807, 2.05) is 0 Å². The van der Waals surface area contributed by atoms with E-state index in [2.05, 4.69) is 32.7 Å². The monoisotopic (exact) mass is 307 g/mol. The van der Waals surface area contributed by atoms with Crippen LogP contribution in [0.1, 0.15) is 31.2 Å². The highest BCUT2D eigenvalue weighted by atomic mass is 79.9. The molecule has 84 valence electrons. The van der Waals surface area contributed by atoms with Gasteiger partial charge in [-0.1, -0.05) is 0 Å². The van der Waals surface area contributed by atoms with E-state index in [9.17, 15) is 0 Å². The summed E-state index contributed by atoms with van der Waals surface area (Å²) in [4.78, 5) is 0. The molecule has 4 heteroatoms. The Morgan fingerprint density at radius 2 is 2.13 bits per heavy atom. The third kappa shape index (κ3) is 3.45. The van der Waals surface area contributed by atoms with Crippen LogP contribution in [0, 0.1) is 0 Å². The normalized spacial score (nSPS) is 26.8. The first-order chi connectivity index (χ1) is 7.25. The van der Waals surface area contributed by atoms with Crippen molar-refractivity contribution in [2.75, 3.05) is 0 Å². The summed E-state index contributed by atoms with van der Waals surface area (Å²) >= 11 is 11.4. The molecular formula is C11H15BrClNS. The van der Waals surface area contributed by atoms with Gasteiger partial charge in [-0.25, -0.2) is 0 Å². The van der Waals surface area contributed by atoms with E-state index >= 15 is 0 Å². The number of thiophene rings is 1. The van der Waals surface area contributed by atoms with Gasteiger partial charge < -0.3 is 5.32 Å². The van der Waals surface area contributed by atoms with Crippen LogP contribution in [-0.2, 0) is 6.54 Å². The van der Waals surface area contributed by atoms with Crippen molar-refractivity contribution < 1.29 is 0 Å². The Labute approximate surface area is 108 Å². The predicted molar refractivity (Wildman–Crippen MR) is 70.8 cm³/mol. The largest absolute Gasteiger partial charge is 0.310 e. The van der Waals surface area contributed by atoms with Crippen LogP contribution in [0.5, 0.6) is 0 Å². The molecule has 0 bridgehead atoms. The summed E-state index contributed by atoms with van der Waals surface area (Å²) in [7, 11) is 0. The van der Waals surface area contributed by atoms with Crippen LogP contribution >= 0.6 is 38.9 Å². The van der Waals surface area contributed by atoms with Crippen molar-refractivity contribution in [3.8, 4) is 0 Å². The van der Waals surface area contributed by atoms with E-state index in [-0.39, 0.29) is 0 Å². The van der Waals surface area contributed by atoms with E-state index in [0.717, 1.165) is 19.4 Å². The van der Waals surface area contributed by atoms with Crippen molar-refractivity contribution in [1.82, 2.24) is 5.32 Å². The number of nitrogens with one attached hydrogen (secondary N) is 1. The zero-order valence-electron chi connectivity index (χ0n) is 8.51. The Balaban J connectivity index is 1.77.